The highest BCUT2D eigenvalue weighted by Crippen LogP contribution is 2.21. The van der Waals surface area contributed by atoms with Gasteiger partial charge in [0.2, 0.25) is 0 Å². The Morgan fingerprint density at radius 1 is 1.33 bits per heavy atom. The second-order valence-corrected chi connectivity index (χ2v) is 4.73. The average Bonchev–Trinajstić information content (AvgIpc) is 2.40. The molecule has 1 aromatic carbocycles. The molecule has 0 spiro atoms. The molecule has 0 atom stereocenters. The van der Waals surface area contributed by atoms with Crippen LogP contribution in [0.15, 0.2) is 24.3 Å². The standard InChI is InChI=1S/C14H16N2O2/c15-10-13-3-1-11(2-4-13)9-12-5-7-16(8-6-12)14(17)18/h1-4,12H,5-9H2,(H,17,18). The first-order valence-corrected chi connectivity index (χ1v) is 6.16. The van der Waals surface area contributed by atoms with Crippen molar-refractivity contribution in [1.82, 2.24) is 4.90 Å². The van der Waals surface area contributed by atoms with Crippen LogP contribution in [0.1, 0.15) is 24.0 Å². The Morgan fingerprint density at radius 2 is 1.94 bits per heavy atom. The van der Waals surface area contributed by atoms with E-state index in [4.69, 9.17) is 10.4 Å². The molecule has 94 valence electrons. The number of rotatable bonds is 2. The van der Waals surface area contributed by atoms with Crippen LogP contribution in [0.5, 0.6) is 0 Å². The first-order valence-electron chi connectivity index (χ1n) is 6.16. The fraction of sp³-hybridized carbons (Fsp3) is 0.429. The Labute approximate surface area is 106 Å². The smallest absolute Gasteiger partial charge is 0.407 e. The van der Waals surface area contributed by atoms with E-state index in [1.807, 2.05) is 24.3 Å². The SMILES string of the molecule is N#Cc1ccc(CC2CCN(C(=O)O)CC2)cc1. The number of nitrogens with zero attached hydrogens (tertiary/aromatic N) is 2. The first-order chi connectivity index (χ1) is 8.69. The fourth-order valence-corrected chi connectivity index (χ4v) is 2.38. The van der Waals surface area contributed by atoms with Gasteiger partial charge in [-0.25, -0.2) is 4.79 Å². The average molecular weight is 244 g/mol. The van der Waals surface area contributed by atoms with Crippen molar-refractivity contribution in [3.63, 3.8) is 0 Å². The normalized spacial score (nSPS) is 16.3. The molecular weight excluding hydrogens is 228 g/mol. The van der Waals surface area contributed by atoms with Crippen molar-refractivity contribution in [2.45, 2.75) is 19.3 Å². The van der Waals surface area contributed by atoms with Crippen LogP contribution in [0.3, 0.4) is 0 Å². The van der Waals surface area contributed by atoms with Crippen molar-refractivity contribution in [3.8, 4) is 6.07 Å². The summed E-state index contributed by atoms with van der Waals surface area (Å²) in [6.07, 6.45) is 2.00. The van der Waals surface area contributed by atoms with Gasteiger partial charge < -0.3 is 10.0 Å². The first kappa shape index (κ1) is 12.4. The third kappa shape index (κ3) is 3.01. The molecule has 1 amide bonds. The molecule has 0 aromatic heterocycles. The van der Waals surface area contributed by atoms with Crippen LogP contribution >= 0.6 is 0 Å². The molecule has 4 nitrogen and oxygen atoms in total. The van der Waals surface area contributed by atoms with Crippen LogP contribution in [-0.4, -0.2) is 29.2 Å². The monoisotopic (exact) mass is 244 g/mol. The van der Waals surface area contributed by atoms with Crippen LogP contribution in [0.25, 0.3) is 0 Å². The summed E-state index contributed by atoms with van der Waals surface area (Å²) in [5.74, 6) is 0.550. The van der Waals surface area contributed by atoms with E-state index in [0.717, 1.165) is 19.3 Å². The zero-order valence-electron chi connectivity index (χ0n) is 10.2. The van der Waals surface area contributed by atoms with E-state index in [1.54, 1.807) is 0 Å². The molecule has 2 rings (SSSR count). The lowest BCUT2D eigenvalue weighted by Gasteiger charge is -2.30. The minimum absolute atomic E-state index is 0.550. The van der Waals surface area contributed by atoms with Crippen molar-refractivity contribution in [1.29, 1.82) is 5.26 Å². The summed E-state index contributed by atoms with van der Waals surface area (Å²) in [6, 6.07) is 9.75. The third-order valence-electron chi connectivity index (χ3n) is 3.49. The van der Waals surface area contributed by atoms with Gasteiger partial charge in [0.25, 0.3) is 0 Å². The molecule has 18 heavy (non-hydrogen) atoms. The number of carboxylic acid groups (broad SMARTS) is 1. The molecular formula is C14H16N2O2. The summed E-state index contributed by atoms with van der Waals surface area (Å²) in [6.45, 7) is 1.27. The van der Waals surface area contributed by atoms with E-state index in [2.05, 4.69) is 6.07 Å². The van der Waals surface area contributed by atoms with Gasteiger partial charge in [0.15, 0.2) is 0 Å². The molecule has 4 heteroatoms. The van der Waals surface area contributed by atoms with Crippen LogP contribution < -0.4 is 0 Å². The molecule has 1 N–H and O–H groups in total. The predicted molar refractivity (Wildman–Crippen MR) is 67.2 cm³/mol. The van der Waals surface area contributed by atoms with Gasteiger partial charge in [0.1, 0.15) is 0 Å². The number of amides is 1. The van der Waals surface area contributed by atoms with Crippen molar-refractivity contribution < 1.29 is 9.90 Å². The number of benzene rings is 1. The highest BCUT2D eigenvalue weighted by atomic mass is 16.4. The summed E-state index contributed by atoms with van der Waals surface area (Å²) >= 11 is 0. The molecule has 1 heterocycles. The van der Waals surface area contributed by atoms with Gasteiger partial charge in [0.05, 0.1) is 11.6 Å². The van der Waals surface area contributed by atoms with Crippen LogP contribution in [-0.2, 0) is 6.42 Å². The largest absolute Gasteiger partial charge is 0.465 e. The molecule has 0 bridgehead atoms. The second-order valence-electron chi connectivity index (χ2n) is 4.73. The van der Waals surface area contributed by atoms with Crippen molar-refractivity contribution in [2.24, 2.45) is 5.92 Å². The van der Waals surface area contributed by atoms with E-state index < -0.39 is 6.09 Å². The molecule has 1 saturated heterocycles. The van der Waals surface area contributed by atoms with Crippen LogP contribution in [0, 0.1) is 17.2 Å². The third-order valence-corrected chi connectivity index (χ3v) is 3.49. The maximum absolute atomic E-state index is 10.8. The number of nitriles is 1. The summed E-state index contributed by atoms with van der Waals surface area (Å²) < 4.78 is 0. The number of hydrogen-bond acceptors (Lipinski definition) is 2. The van der Waals surface area contributed by atoms with Gasteiger partial charge in [0, 0.05) is 13.1 Å². The Kier molecular flexibility index (Phi) is 3.83. The van der Waals surface area contributed by atoms with Crippen LogP contribution in [0.4, 0.5) is 4.79 Å². The number of likely N-dealkylation sites (tertiary alicyclic amines) is 1. The van der Waals surface area contributed by atoms with Gasteiger partial charge in [-0.1, -0.05) is 12.1 Å². The van der Waals surface area contributed by atoms with Gasteiger partial charge in [-0.05, 0) is 42.9 Å². The Bertz CT molecular complexity index is 454. The molecule has 1 fully saturated rings. The Morgan fingerprint density at radius 3 is 2.44 bits per heavy atom. The quantitative estimate of drug-likeness (QED) is 0.869. The second kappa shape index (κ2) is 5.54. The van der Waals surface area contributed by atoms with Crippen molar-refractivity contribution in [3.05, 3.63) is 35.4 Å². The zero-order valence-corrected chi connectivity index (χ0v) is 10.2. The lowest BCUT2D eigenvalue weighted by Crippen LogP contribution is -2.37. The van der Waals surface area contributed by atoms with E-state index in [9.17, 15) is 4.79 Å². The molecule has 1 aromatic rings. The minimum Gasteiger partial charge on any atom is -0.465 e. The van der Waals surface area contributed by atoms with E-state index in [1.165, 1.54) is 10.5 Å². The molecule has 0 unspecified atom stereocenters. The minimum atomic E-state index is -0.813. The van der Waals surface area contributed by atoms with E-state index >= 15 is 0 Å². The fourth-order valence-electron chi connectivity index (χ4n) is 2.38. The van der Waals surface area contributed by atoms with Gasteiger partial charge in [-0.3, -0.25) is 0 Å². The van der Waals surface area contributed by atoms with Gasteiger partial charge in [-0.15, -0.1) is 0 Å². The highest BCUT2D eigenvalue weighted by Gasteiger charge is 2.22. The molecule has 0 saturated carbocycles. The van der Waals surface area contributed by atoms with E-state index in [0.29, 0.717) is 24.6 Å². The summed E-state index contributed by atoms with van der Waals surface area (Å²) in [4.78, 5) is 12.3. The Balaban J connectivity index is 1.87. The van der Waals surface area contributed by atoms with Crippen molar-refractivity contribution in [2.75, 3.05) is 13.1 Å². The lowest BCUT2D eigenvalue weighted by atomic mass is 9.90. The molecule has 0 aliphatic carbocycles. The topological polar surface area (TPSA) is 64.3 Å². The van der Waals surface area contributed by atoms with Crippen LogP contribution in [0.2, 0.25) is 0 Å². The number of piperidine rings is 1. The lowest BCUT2D eigenvalue weighted by molar-refractivity contribution is 0.124. The molecule has 1 aliphatic heterocycles. The maximum Gasteiger partial charge on any atom is 0.407 e. The molecule has 1 aliphatic rings. The predicted octanol–water partition coefficient (Wildman–Crippen LogP) is 2.49. The van der Waals surface area contributed by atoms with Gasteiger partial charge in [-0.2, -0.15) is 5.26 Å². The zero-order chi connectivity index (χ0) is 13.0. The van der Waals surface area contributed by atoms with Crippen molar-refractivity contribution >= 4 is 6.09 Å². The van der Waals surface area contributed by atoms with E-state index in [-0.39, 0.29) is 0 Å². The number of carbonyl (C=O) groups is 1. The molecule has 0 radical (unpaired) electrons. The maximum atomic E-state index is 10.8. The van der Waals surface area contributed by atoms with Gasteiger partial charge >= 0.3 is 6.09 Å². The summed E-state index contributed by atoms with van der Waals surface area (Å²) in [5, 5.41) is 17.6. The highest BCUT2D eigenvalue weighted by molar-refractivity contribution is 5.64. The Hall–Kier alpha value is -2.02. The summed E-state index contributed by atoms with van der Waals surface area (Å²) in [7, 11) is 0. The number of hydrogen-bond donors (Lipinski definition) is 1. The summed E-state index contributed by atoms with van der Waals surface area (Å²) in [5.41, 5.74) is 1.90.